The van der Waals surface area contributed by atoms with E-state index in [4.69, 9.17) is 10.8 Å². The SMILES string of the molecule is Cl.NC[C@@H](O)c1cccc(O)c1. The molecule has 1 aromatic carbocycles. The van der Waals surface area contributed by atoms with E-state index >= 15 is 0 Å². The number of aromatic hydroxyl groups is 1. The largest absolute Gasteiger partial charge is 0.508 e. The lowest BCUT2D eigenvalue weighted by atomic mass is 10.1. The first-order valence-electron chi connectivity index (χ1n) is 3.41. The minimum atomic E-state index is -0.679. The number of phenolic OH excluding ortho intramolecular Hbond substituents is 1. The van der Waals surface area contributed by atoms with E-state index < -0.39 is 6.10 Å². The molecule has 0 unspecified atom stereocenters. The van der Waals surface area contributed by atoms with E-state index in [1.165, 1.54) is 6.07 Å². The second kappa shape index (κ2) is 4.98. The van der Waals surface area contributed by atoms with Crippen LogP contribution in [0.5, 0.6) is 5.75 Å². The van der Waals surface area contributed by atoms with Crippen LogP contribution in [0, 0.1) is 0 Å². The van der Waals surface area contributed by atoms with Gasteiger partial charge in [0.05, 0.1) is 6.10 Å². The summed E-state index contributed by atoms with van der Waals surface area (Å²) in [4.78, 5) is 0. The molecule has 0 saturated carbocycles. The summed E-state index contributed by atoms with van der Waals surface area (Å²) in [6.07, 6.45) is -0.679. The molecule has 0 fully saturated rings. The molecular weight excluding hydrogens is 178 g/mol. The first-order valence-corrected chi connectivity index (χ1v) is 3.41. The molecule has 12 heavy (non-hydrogen) atoms. The second-order valence-corrected chi connectivity index (χ2v) is 2.35. The van der Waals surface area contributed by atoms with Gasteiger partial charge in [-0.1, -0.05) is 12.1 Å². The van der Waals surface area contributed by atoms with Gasteiger partial charge in [0, 0.05) is 6.54 Å². The van der Waals surface area contributed by atoms with Crippen molar-refractivity contribution in [3.63, 3.8) is 0 Å². The summed E-state index contributed by atoms with van der Waals surface area (Å²) < 4.78 is 0. The van der Waals surface area contributed by atoms with Crippen molar-refractivity contribution >= 4 is 12.4 Å². The first-order chi connectivity index (χ1) is 5.24. The average molecular weight is 190 g/mol. The van der Waals surface area contributed by atoms with Crippen LogP contribution >= 0.6 is 12.4 Å². The van der Waals surface area contributed by atoms with Crippen LogP contribution in [0.1, 0.15) is 11.7 Å². The van der Waals surface area contributed by atoms with Gasteiger partial charge in [0.15, 0.2) is 0 Å². The fraction of sp³-hybridized carbons (Fsp3) is 0.250. The van der Waals surface area contributed by atoms with Crippen LogP contribution in [0.2, 0.25) is 0 Å². The van der Waals surface area contributed by atoms with E-state index in [1.807, 2.05) is 0 Å². The summed E-state index contributed by atoms with van der Waals surface area (Å²) >= 11 is 0. The Morgan fingerprint density at radius 2 is 2.08 bits per heavy atom. The zero-order chi connectivity index (χ0) is 8.27. The maximum atomic E-state index is 9.22. The Morgan fingerprint density at radius 3 is 2.58 bits per heavy atom. The van der Waals surface area contributed by atoms with Crippen molar-refractivity contribution in [2.45, 2.75) is 6.10 Å². The van der Waals surface area contributed by atoms with Gasteiger partial charge >= 0.3 is 0 Å². The van der Waals surface area contributed by atoms with E-state index in [-0.39, 0.29) is 24.7 Å². The highest BCUT2D eigenvalue weighted by molar-refractivity contribution is 5.85. The molecule has 0 heterocycles. The number of nitrogens with two attached hydrogens (primary N) is 1. The van der Waals surface area contributed by atoms with E-state index in [0.717, 1.165) is 0 Å². The molecule has 1 aromatic rings. The zero-order valence-electron chi connectivity index (χ0n) is 6.47. The fourth-order valence-corrected chi connectivity index (χ4v) is 0.868. The summed E-state index contributed by atoms with van der Waals surface area (Å²) in [6, 6.07) is 6.44. The number of rotatable bonds is 2. The molecule has 0 radical (unpaired) electrons. The predicted molar refractivity (Wildman–Crippen MR) is 49.4 cm³/mol. The lowest BCUT2D eigenvalue weighted by Gasteiger charge is -2.06. The van der Waals surface area contributed by atoms with Crippen LogP contribution in [0.25, 0.3) is 0 Å². The average Bonchev–Trinajstić information content (AvgIpc) is 2.03. The third-order valence-corrected chi connectivity index (χ3v) is 1.48. The Hall–Kier alpha value is -0.770. The molecule has 0 spiro atoms. The van der Waals surface area contributed by atoms with Crippen LogP contribution < -0.4 is 5.73 Å². The Labute approximate surface area is 77.2 Å². The Bertz CT molecular complexity index is 242. The van der Waals surface area contributed by atoms with Gasteiger partial charge in [-0.2, -0.15) is 0 Å². The standard InChI is InChI=1S/C8H11NO2.ClH/c9-5-8(11)6-2-1-3-7(10)4-6;/h1-4,8,10-11H,5,9H2;1H/t8-;/m1./s1. The number of hydrogen-bond acceptors (Lipinski definition) is 3. The normalized spacial score (nSPS) is 11.8. The lowest BCUT2D eigenvalue weighted by Crippen LogP contribution is -2.11. The lowest BCUT2D eigenvalue weighted by molar-refractivity contribution is 0.186. The van der Waals surface area contributed by atoms with Crippen LogP contribution in [0.4, 0.5) is 0 Å². The third-order valence-electron chi connectivity index (χ3n) is 1.48. The van der Waals surface area contributed by atoms with Crippen molar-refractivity contribution in [1.82, 2.24) is 0 Å². The highest BCUT2D eigenvalue weighted by Gasteiger charge is 2.03. The number of benzene rings is 1. The van der Waals surface area contributed by atoms with Crippen LogP contribution in [-0.4, -0.2) is 16.8 Å². The van der Waals surface area contributed by atoms with Crippen molar-refractivity contribution in [2.75, 3.05) is 6.54 Å². The molecule has 1 rings (SSSR count). The molecule has 0 bridgehead atoms. The molecule has 0 amide bonds. The van der Waals surface area contributed by atoms with Crippen molar-refractivity contribution in [2.24, 2.45) is 5.73 Å². The summed E-state index contributed by atoms with van der Waals surface area (Å²) in [7, 11) is 0. The van der Waals surface area contributed by atoms with Crippen LogP contribution in [-0.2, 0) is 0 Å². The highest BCUT2D eigenvalue weighted by Crippen LogP contribution is 2.16. The number of phenols is 1. The molecule has 68 valence electrons. The molecule has 4 N–H and O–H groups in total. The molecule has 0 aliphatic carbocycles. The molecule has 0 saturated heterocycles. The van der Waals surface area contributed by atoms with E-state index in [2.05, 4.69) is 0 Å². The second-order valence-electron chi connectivity index (χ2n) is 2.35. The Morgan fingerprint density at radius 1 is 1.42 bits per heavy atom. The van der Waals surface area contributed by atoms with E-state index in [1.54, 1.807) is 18.2 Å². The van der Waals surface area contributed by atoms with E-state index in [0.29, 0.717) is 5.56 Å². The van der Waals surface area contributed by atoms with Gasteiger partial charge in [-0.15, -0.1) is 12.4 Å². The van der Waals surface area contributed by atoms with Gasteiger partial charge in [-0.3, -0.25) is 0 Å². The monoisotopic (exact) mass is 189 g/mol. The smallest absolute Gasteiger partial charge is 0.115 e. The number of halogens is 1. The number of hydrogen-bond donors (Lipinski definition) is 3. The predicted octanol–water partition coefficient (Wildman–Crippen LogP) is 0.806. The van der Waals surface area contributed by atoms with Crippen LogP contribution in [0.15, 0.2) is 24.3 Å². The maximum Gasteiger partial charge on any atom is 0.115 e. The van der Waals surface area contributed by atoms with Crippen molar-refractivity contribution in [3.05, 3.63) is 29.8 Å². The van der Waals surface area contributed by atoms with Gasteiger partial charge in [0.2, 0.25) is 0 Å². The van der Waals surface area contributed by atoms with Gasteiger partial charge in [-0.25, -0.2) is 0 Å². The summed E-state index contributed by atoms with van der Waals surface area (Å²) in [5.41, 5.74) is 5.87. The Kier molecular flexibility index (Phi) is 4.66. The third kappa shape index (κ3) is 2.70. The topological polar surface area (TPSA) is 66.5 Å². The van der Waals surface area contributed by atoms with Gasteiger partial charge in [0.1, 0.15) is 5.75 Å². The first kappa shape index (κ1) is 11.2. The quantitative estimate of drug-likeness (QED) is 0.645. The summed E-state index contributed by atoms with van der Waals surface area (Å²) in [5.74, 6) is 0.148. The van der Waals surface area contributed by atoms with Gasteiger partial charge in [0.25, 0.3) is 0 Å². The maximum absolute atomic E-state index is 9.22. The summed E-state index contributed by atoms with van der Waals surface area (Å²) in [6.45, 7) is 0.170. The molecule has 0 aliphatic rings. The molecule has 0 aliphatic heterocycles. The fourth-order valence-electron chi connectivity index (χ4n) is 0.868. The van der Waals surface area contributed by atoms with Crippen molar-refractivity contribution in [3.8, 4) is 5.75 Å². The molecular formula is C8H12ClNO2. The molecule has 4 heteroatoms. The van der Waals surface area contributed by atoms with Gasteiger partial charge in [-0.05, 0) is 17.7 Å². The molecule has 0 aromatic heterocycles. The minimum absolute atomic E-state index is 0. The highest BCUT2D eigenvalue weighted by atomic mass is 35.5. The number of aliphatic hydroxyl groups excluding tert-OH is 1. The van der Waals surface area contributed by atoms with Crippen molar-refractivity contribution in [1.29, 1.82) is 0 Å². The zero-order valence-corrected chi connectivity index (χ0v) is 7.29. The minimum Gasteiger partial charge on any atom is -0.508 e. The molecule has 1 atom stereocenters. The van der Waals surface area contributed by atoms with Gasteiger partial charge < -0.3 is 15.9 Å². The van der Waals surface area contributed by atoms with E-state index in [9.17, 15) is 5.11 Å². The van der Waals surface area contributed by atoms with Crippen molar-refractivity contribution < 1.29 is 10.2 Å². The Balaban J connectivity index is 0.00000121. The summed E-state index contributed by atoms with van der Waals surface area (Å²) in [5, 5.41) is 18.2. The van der Waals surface area contributed by atoms with Crippen LogP contribution in [0.3, 0.4) is 0 Å². The number of aliphatic hydroxyl groups is 1. The molecule has 3 nitrogen and oxygen atoms in total.